The number of hydrogen-bond acceptors (Lipinski definition) is 8. The lowest BCUT2D eigenvalue weighted by Gasteiger charge is -2.36. The molecule has 10 nitrogen and oxygen atoms in total. The van der Waals surface area contributed by atoms with E-state index in [4.69, 9.17) is 20.3 Å². The zero-order valence-corrected chi connectivity index (χ0v) is 13.6. The number of esters is 1. The molecule has 1 fully saturated rings. The Hall–Kier alpha value is -2.50. The van der Waals surface area contributed by atoms with Gasteiger partial charge in [-0.05, 0) is 18.2 Å². The second kappa shape index (κ2) is 7.02. The number of carbonyl (C=O) groups excluding carboxylic acids is 2. The molecule has 0 bridgehead atoms. The standard InChI is InChI=1S/C16H19N3O7/c17-16(14(23)25-9-4-2-1-3-5-9)6-7-19(15(24)18-16)13-12(22)11(21)10(8-20)26-13/h1-7,10-13,20-22H,8,17H2,(H,18,24)/t10-,11-,12-,13-,16?/m1/s1. The average molecular weight is 365 g/mol. The van der Waals surface area contributed by atoms with Gasteiger partial charge < -0.3 is 30.1 Å². The van der Waals surface area contributed by atoms with E-state index in [2.05, 4.69) is 5.32 Å². The highest BCUT2D eigenvalue weighted by Crippen LogP contribution is 2.26. The first-order valence-corrected chi connectivity index (χ1v) is 7.84. The molecule has 2 amide bonds. The quantitative estimate of drug-likeness (QED) is 0.310. The van der Waals surface area contributed by atoms with Crippen molar-refractivity contribution in [2.24, 2.45) is 5.73 Å². The molecular weight excluding hydrogens is 346 g/mol. The molecule has 5 atom stereocenters. The number of nitrogens with one attached hydrogen (secondary N) is 1. The van der Waals surface area contributed by atoms with E-state index >= 15 is 0 Å². The fourth-order valence-electron chi connectivity index (χ4n) is 2.66. The summed E-state index contributed by atoms with van der Waals surface area (Å²) < 4.78 is 10.4. The predicted molar refractivity (Wildman–Crippen MR) is 86.3 cm³/mol. The van der Waals surface area contributed by atoms with Crippen LogP contribution < -0.4 is 15.8 Å². The minimum Gasteiger partial charge on any atom is -0.424 e. The maximum absolute atomic E-state index is 12.3. The monoisotopic (exact) mass is 365 g/mol. The lowest BCUT2D eigenvalue weighted by Crippen LogP contribution is -2.67. The third-order valence-corrected chi connectivity index (χ3v) is 4.13. The number of amides is 2. The molecule has 0 saturated carbocycles. The van der Waals surface area contributed by atoms with Crippen molar-refractivity contribution in [1.29, 1.82) is 0 Å². The van der Waals surface area contributed by atoms with Gasteiger partial charge in [-0.1, -0.05) is 18.2 Å². The van der Waals surface area contributed by atoms with Crippen LogP contribution in [-0.4, -0.2) is 69.0 Å². The first-order valence-electron chi connectivity index (χ1n) is 7.84. The van der Waals surface area contributed by atoms with Crippen molar-refractivity contribution < 1.29 is 34.4 Å². The van der Waals surface area contributed by atoms with Gasteiger partial charge in [0.2, 0.25) is 5.66 Å². The molecule has 1 aromatic rings. The largest absolute Gasteiger partial charge is 0.424 e. The summed E-state index contributed by atoms with van der Waals surface area (Å²) in [5.74, 6) is -0.648. The van der Waals surface area contributed by atoms with Crippen LogP contribution in [0.15, 0.2) is 42.6 Å². The Morgan fingerprint density at radius 1 is 1.31 bits per heavy atom. The number of nitrogens with two attached hydrogens (primary N) is 1. The Bertz CT molecular complexity index is 713. The Morgan fingerprint density at radius 2 is 2.00 bits per heavy atom. The zero-order valence-electron chi connectivity index (χ0n) is 13.6. The van der Waals surface area contributed by atoms with Gasteiger partial charge in [-0.15, -0.1) is 0 Å². The number of para-hydroxylation sites is 1. The van der Waals surface area contributed by atoms with Crippen molar-refractivity contribution in [1.82, 2.24) is 10.2 Å². The van der Waals surface area contributed by atoms with Crippen molar-refractivity contribution in [2.75, 3.05) is 6.61 Å². The molecule has 6 N–H and O–H groups in total. The highest BCUT2D eigenvalue weighted by Gasteiger charge is 2.49. The third-order valence-electron chi connectivity index (χ3n) is 4.13. The Balaban J connectivity index is 1.74. The third kappa shape index (κ3) is 3.28. The number of hydrogen-bond donors (Lipinski definition) is 5. The summed E-state index contributed by atoms with van der Waals surface area (Å²) in [6.07, 6.45) is -2.75. The number of ether oxygens (including phenoxy) is 2. The minimum atomic E-state index is -1.91. The summed E-state index contributed by atoms with van der Waals surface area (Å²) in [6.45, 7) is -0.530. The van der Waals surface area contributed by atoms with E-state index in [1.807, 2.05) is 0 Å². The van der Waals surface area contributed by atoms with Gasteiger partial charge in [-0.25, -0.2) is 9.59 Å². The van der Waals surface area contributed by atoms with E-state index in [1.54, 1.807) is 30.3 Å². The zero-order chi connectivity index (χ0) is 18.9. The first kappa shape index (κ1) is 18.3. The van der Waals surface area contributed by atoms with E-state index < -0.39 is 48.8 Å². The molecule has 0 radical (unpaired) electrons. The smallest absolute Gasteiger partial charge is 0.356 e. The van der Waals surface area contributed by atoms with Crippen molar-refractivity contribution >= 4 is 12.0 Å². The minimum absolute atomic E-state index is 0.260. The van der Waals surface area contributed by atoms with Gasteiger partial charge in [-0.3, -0.25) is 10.6 Å². The number of benzene rings is 1. The number of carbonyl (C=O) groups is 2. The van der Waals surface area contributed by atoms with Crippen LogP contribution in [0.2, 0.25) is 0 Å². The Kier molecular flexibility index (Phi) is 4.94. The van der Waals surface area contributed by atoms with Crippen molar-refractivity contribution in [2.45, 2.75) is 30.2 Å². The van der Waals surface area contributed by atoms with Crippen molar-refractivity contribution in [3.63, 3.8) is 0 Å². The fourth-order valence-corrected chi connectivity index (χ4v) is 2.66. The van der Waals surface area contributed by atoms with E-state index in [0.29, 0.717) is 0 Å². The fraction of sp³-hybridized carbons (Fsp3) is 0.375. The van der Waals surface area contributed by atoms with Gasteiger partial charge >= 0.3 is 12.0 Å². The number of aliphatic hydroxyl groups excluding tert-OH is 3. The summed E-state index contributed by atoms with van der Waals surface area (Å²) >= 11 is 0. The van der Waals surface area contributed by atoms with Gasteiger partial charge in [0.25, 0.3) is 0 Å². The molecule has 0 aromatic heterocycles. The van der Waals surface area contributed by atoms with E-state index in [9.17, 15) is 19.8 Å². The normalized spacial score (nSPS) is 33.8. The summed E-state index contributed by atoms with van der Waals surface area (Å²) in [4.78, 5) is 25.6. The molecule has 0 spiro atoms. The predicted octanol–water partition coefficient (Wildman–Crippen LogP) is -1.78. The van der Waals surface area contributed by atoms with E-state index in [1.165, 1.54) is 6.08 Å². The molecule has 2 heterocycles. The molecule has 1 unspecified atom stereocenters. The Morgan fingerprint density at radius 3 is 2.58 bits per heavy atom. The van der Waals surface area contributed by atoms with Gasteiger partial charge in [-0.2, -0.15) is 0 Å². The molecule has 0 aliphatic carbocycles. The van der Waals surface area contributed by atoms with Crippen LogP contribution in [0.3, 0.4) is 0 Å². The molecule has 1 saturated heterocycles. The summed E-state index contributed by atoms with van der Waals surface area (Å²) in [6, 6.07) is 7.36. The Labute approximate surface area is 148 Å². The number of nitrogens with zero attached hydrogens (tertiary/aromatic N) is 1. The summed E-state index contributed by atoms with van der Waals surface area (Å²) in [7, 11) is 0. The van der Waals surface area contributed by atoms with Crippen LogP contribution in [-0.2, 0) is 9.53 Å². The molecule has 3 rings (SSSR count). The lowest BCUT2D eigenvalue weighted by atomic mass is 10.1. The SMILES string of the molecule is NC1(C(=O)Oc2ccccc2)C=CN([C@@H]2O[C@H](CO)[C@@H](O)[C@H]2O)C(=O)N1. The van der Waals surface area contributed by atoms with Crippen LogP contribution in [0, 0.1) is 0 Å². The van der Waals surface area contributed by atoms with Gasteiger partial charge in [0.1, 0.15) is 24.1 Å². The second-order valence-corrected chi connectivity index (χ2v) is 5.95. The molecule has 1 aromatic carbocycles. The van der Waals surface area contributed by atoms with Crippen molar-refractivity contribution in [3.05, 3.63) is 42.6 Å². The highest BCUT2D eigenvalue weighted by molar-refractivity contribution is 5.91. The van der Waals surface area contributed by atoms with E-state index in [0.717, 1.165) is 11.1 Å². The number of urea groups is 1. The van der Waals surface area contributed by atoms with Gasteiger partial charge in [0, 0.05) is 6.20 Å². The van der Waals surface area contributed by atoms with Crippen molar-refractivity contribution in [3.8, 4) is 5.75 Å². The average Bonchev–Trinajstić information content (AvgIpc) is 2.91. The molecular formula is C16H19N3O7. The van der Waals surface area contributed by atoms with Crippen LogP contribution in [0.25, 0.3) is 0 Å². The first-order chi connectivity index (χ1) is 12.4. The molecule has 140 valence electrons. The summed E-state index contributed by atoms with van der Waals surface area (Å²) in [5, 5.41) is 31.2. The van der Waals surface area contributed by atoms with Crippen LogP contribution in [0.1, 0.15) is 0 Å². The highest BCUT2D eigenvalue weighted by atomic mass is 16.6. The topological polar surface area (TPSA) is 155 Å². The maximum atomic E-state index is 12.3. The maximum Gasteiger partial charge on any atom is 0.356 e. The second-order valence-electron chi connectivity index (χ2n) is 5.95. The van der Waals surface area contributed by atoms with Gasteiger partial charge in [0.05, 0.1) is 6.61 Å². The lowest BCUT2D eigenvalue weighted by molar-refractivity contribution is -0.140. The van der Waals surface area contributed by atoms with Crippen LogP contribution in [0.5, 0.6) is 5.75 Å². The molecule has 26 heavy (non-hydrogen) atoms. The molecule has 2 aliphatic heterocycles. The molecule has 2 aliphatic rings. The molecule has 10 heteroatoms. The van der Waals surface area contributed by atoms with Crippen LogP contribution >= 0.6 is 0 Å². The van der Waals surface area contributed by atoms with Gasteiger partial charge in [0.15, 0.2) is 6.23 Å². The number of aliphatic hydroxyl groups is 3. The number of rotatable bonds is 4. The van der Waals surface area contributed by atoms with Crippen LogP contribution in [0.4, 0.5) is 4.79 Å². The van der Waals surface area contributed by atoms with E-state index in [-0.39, 0.29) is 5.75 Å². The summed E-state index contributed by atoms with van der Waals surface area (Å²) in [5.41, 5.74) is 3.99.